The van der Waals surface area contributed by atoms with Gasteiger partial charge in [0.2, 0.25) is 0 Å². The Bertz CT molecular complexity index is 512. The molecule has 2 aromatic rings. The van der Waals surface area contributed by atoms with E-state index in [0.717, 1.165) is 5.75 Å². The van der Waals surface area contributed by atoms with Crippen molar-refractivity contribution in [2.75, 3.05) is 5.75 Å². The molecular weight excluding hydrogens is 226 g/mol. The molecule has 7 heteroatoms. The third-order valence-electron chi connectivity index (χ3n) is 1.88. The molecule has 0 fully saturated rings. The van der Waals surface area contributed by atoms with Crippen molar-refractivity contribution in [3.05, 3.63) is 17.7 Å². The fourth-order valence-electron chi connectivity index (χ4n) is 1.15. The highest BCUT2D eigenvalue weighted by atomic mass is 32.2. The summed E-state index contributed by atoms with van der Waals surface area (Å²) in [7, 11) is 0. The quantitative estimate of drug-likeness (QED) is 0.865. The number of H-pyrrole nitrogens is 1. The van der Waals surface area contributed by atoms with Crippen LogP contribution in [0, 0.1) is 11.3 Å². The van der Waals surface area contributed by atoms with E-state index >= 15 is 0 Å². The summed E-state index contributed by atoms with van der Waals surface area (Å²) in [6.07, 6.45) is 1.50. The van der Waals surface area contributed by atoms with Gasteiger partial charge < -0.3 is 4.52 Å². The number of nitrogens with zero attached hydrogens (tertiary/aromatic N) is 4. The number of aromatic amines is 1. The van der Waals surface area contributed by atoms with E-state index in [1.54, 1.807) is 11.8 Å². The molecule has 0 saturated heterocycles. The van der Waals surface area contributed by atoms with E-state index in [9.17, 15) is 0 Å². The van der Waals surface area contributed by atoms with Crippen molar-refractivity contribution in [2.24, 2.45) is 0 Å². The number of nitriles is 1. The lowest BCUT2D eigenvalue weighted by Gasteiger charge is -1.88. The lowest BCUT2D eigenvalue weighted by molar-refractivity contribution is 0.425. The lowest BCUT2D eigenvalue weighted by atomic mass is 10.2. The first-order chi connectivity index (χ1) is 7.85. The van der Waals surface area contributed by atoms with Gasteiger partial charge in [0.15, 0.2) is 5.82 Å². The molecular formula is C9H9N5OS. The summed E-state index contributed by atoms with van der Waals surface area (Å²) in [5.41, 5.74) is 0.876. The maximum absolute atomic E-state index is 8.80. The average molecular weight is 235 g/mol. The van der Waals surface area contributed by atoms with E-state index in [-0.39, 0.29) is 0 Å². The maximum Gasteiger partial charge on any atom is 0.262 e. The van der Waals surface area contributed by atoms with E-state index in [1.807, 2.05) is 6.07 Å². The second-order valence-electron chi connectivity index (χ2n) is 2.92. The molecule has 0 aliphatic carbocycles. The first-order valence-corrected chi connectivity index (χ1v) is 5.84. The summed E-state index contributed by atoms with van der Waals surface area (Å²) in [5, 5.41) is 19.0. The van der Waals surface area contributed by atoms with Gasteiger partial charge >= 0.3 is 0 Å². The smallest absolute Gasteiger partial charge is 0.262 e. The number of thioether (sulfide) groups is 1. The SMILES string of the molecule is CCSCc1noc(-c2cn[nH]c2C#N)n1. The van der Waals surface area contributed by atoms with Crippen LogP contribution in [0.1, 0.15) is 18.4 Å². The van der Waals surface area contributed by atoms with Crippen LogP contribution in [0.4, 0.5) is 0 Å². The van der Waals surface area contributed by atoms with Crippen molar-refractivity contribution in [1.29, 1.82) is 5.26 Å². The Labute approximate surface area is 96.0 Å². The van der Waals surface area contributed by atoms with Gasteiger partial charge in [-0.3, -0.25) is 5.10 Å². The van der Waals surface area contributed by atoms with Crippen LogP contribution in [-0.4, -0.2) is 26.1 Å². The minimum Gasteiger partial charge on any atom is -0.334 e. The van der Waals surface area contributed by atoms with E-state index in [4.69, 9.17) is 9.78 Å². The Morgan fingerprint density at radius 1 is 1.62 bits per heavy atom. The summed E-state index contributed by atoms with van der Waals surface area (Å²) in [4.78, 5) is 4.19. The number of nitrogens with one attached hydrogen (secondary N) is 1. The molecule has 16 heavy (non-hydrogen) atoms. The summed E-state index contributed by atoms with van der Waals surface area (Å²) >= 11 is 1.71. The molecule has 6 nitrogen and oxygen atoms in total. The van der Waals surface area contributed by atoms with E-state index in [1.165, 1.54) is 6.20 Å². The zero-order chi connectivity index (χ0) is 11.4. The van der Waals surface area contributed by atoms with Crippen LogP contribution in [-0.2, 0) is 5.75 Å². The first kappa shape index (κ1) is 10.7. The monoisotopic (exact) mass is 235 g/mol. The molecule has 0 bridgehead atoms. The normalized spacial score (nSPS) is 10.2. The fourth-order valence-corrected chi connectivity index (χ4v) is 1.65. The summed E-state index contributed by atoms with van der Waals surface area (Å²) in [6, 6.07) is 1.98. The molecule has 0 unspecified atom stereocenters. The standard InChI is InChI=1S/C9H9N5OS/c1-2-16-5-8-12-9(15-14-8)6-4-11-13-7(6)3-10/h4H,2,5H2,1H3,(H,11,13). The molecule has 2 heterocycles. The van der Waals surface area contributed by atoms with Gasteiger partial charge in [-0.05, 0) is 5.75 Å². The van der Waals surface area contributed by atoms with Crippen LogP contribution in [0.25, 0.3) is 11.5 Å². The Morgan fingerprint density at radius 3 is 3.25 bits per heavy atom. The minimum atomic E-state index is 0.331. The highest BCUT2D eigenvalue weighted by Crippen LogP contribution is 2.20. The van der Waals surface area contributed by atoms with Crippen molar-refractivity contribution in [1.82, 2.24) is 20.3 Å². The summed E-state index contributed by atoms with van der Waals surface area (Å²) in [5.74, 6) is 2.67. The molecule has 1 N–H and O–H groups in total. The van der Waals surface area contributed by atoms with Crippen LogP contribution in [0.2, 0.25) is 0 Å². The predicted molar refractivity (Wildman–Crippen MR) is 58.4 cm³/mol. The molecule has 82 valence electrons. The highest BCUT2D eigenvalue weighted by molar-refractivity contribution is 7.98. The van der Waals surface area contributed by atoms with Crippen molar-refractivity contribution in [3.8, 4) is 17.5 Å². The number of hydrogen-bond acceptors (Lipinski definition) is 6. The third kappa shape index (κ3) is 2.06. The zero-order valence-corrected chi connectivity index (χ0v) is 9.41. The molecule has 2 rings (SSSR count). The topological polar surface area (TPSA) is 91.4 Å². The molecule has 0 amide bonds. The second-order valence-corrected chi connectivity index (χ2v) is 4.20. The van der Waals surface area contributed by atoms with Crippen LogP contribution >= 0.6 is 11.8 Å². The molecule has 0 spiro atoms. The van der Waals surface area contributed by atoms with Crippen molar-refractivity contribution < 1.29 is 4.52 Å². The average Bonchev–Trinajstić information content (AvgIpc) is 2.94. The van der Waals surface area contributed by atoms with Crippen molar-refractivity contribution in [2.45, 2.75) is 12.7 Å². The molecule has 0 saturated carbocycles. The summed E-state index contributed by atoms with van der Waals surface area (Å²) < 4.78 is 5.06. The number of aromatic nitrogens is 4. The van der Waals surface area contributed by atoms with E-state index in [2.05, 4.69) is 27.3 Å². The minimum absolute atomic E-state index is 0.331. The van der Waals surface area contributed by atoms with Crippen LogP contribution in [0.3, 0.4) is 0 Å². The van der Waals surface area contributed by atoms with E-state index < -0.39 is 0 Å². The zero-order valence-electron chi connectivity index (χ0n) is 8.60. The fraction of sp³-hybridized carbons (Fsp3) is 0.333. The summed E-state index contributed by atoms with van der Waals surface area (Å²) in [6.45, 7) is 2.07. The third-order valence-corrected chi connectivity index (χ3v) is 2.76. The molecule has 0 aromatic carbocycles. The van der Waals surface area contributed by atoms with Gasteiger partial charge in [0, 0.05) is 0 Å². The van der Waals surface area contributed by atoms with Crippen LogP contribution in [0.15, 0.2) is 10.7 Å². The van der Waals surface area contributed by atoms with Gasteiger partial charge in [-0.15, -0.1) is 0 Å². The van der Waals surface area contributed by atoms with E-state index in [0.29, 0.717) is 28.7 Å². The maximum atomic E-state index is 8.80. The Balaban J connectivity index is 2.22. The van der Waals surface area contributed by atoms with Gasteiger partial charge in [-0.1, -0.05) is 12.1 Å². The first-order valence-electron chi connectivity index (χ1n) is 4.69. The lowest BCUT2D eigenvalue weighted by Crippen LogP contribution is -1.85. The molecule has 0 radical (unpaired) electrons. The Hall–Kier alpha value is -1.81. The van der Waals surface area contributed by atoms with Gasteiger partial charge in [0.05, 0.1) is 17.5 Å². The molecule has 0 atom stereocenters. The molecule has 2 aromatic heterocycles. The van der Waals surface area contributed by atoms with Gasteiger partial charge in [0.25, 0.3) is 5.89 Å². The molecule has 0 aliphatic heterocycles. The highest BCUT2D eigenvalue weighted by Gasteiger charge is 2.14. The second kappa shape index (κ2) is 4.81. The largest absolute Gasteiger partial charge is 0.334 e. The van der Waals surface area contributed by atoms with Gasteiger partial charge in [0.1, 0.15) is 11.8 Å². The number of rotatable bonds is 4. The van der Waals surface area contributed by atoms with Gasteiger partial charge in [-0.2, -0.15) is 27.1 Å². The Morgan fingerprint density at radius 2 is 2.50 bits per heavy atom. The van der Waals surface area contributed by atoms with Crippen molar-refractivity contribution in [3.63, 3.8) is 0 Å². The molecule has 0 aliphatic rings. The number of hydrogen-bond donors (Lipinski definition) is 1. The van der Waals surface area contributed by atoms with Crippen molar-refractivity contribution >= 4 is 11.8 Å². The Kier molecular flexibility index (Phi) is 3.22. The van der Waals surface area contributed by atoms with Crippen LogP contribution < -0.4 is 0 Å². The van der Waals surface area contributed by atoms with Gasteiger partial charge in [-0.25, -0.2) is 0 Å². The predicted octanol–water partition coefficient (Wildman–Crippen LogP) is 1.58. The van der Waals surface area contributed by atoms with Crippen LogP contribution in [0.5, 0.6) is 0 Å².